The summed E-state index contributed by atoms with van der Waals surface area (Å²) in [6.07, 6.45) is -3.62. The van der Waals surface area contributed by atoms with Gasteiger partial charge in [-0.15, -0.1) is 0 Å². The van der Waals surface area contributed by atoms with E-state index in [-0.39, 0.29) is 46.9 Å². The normalized spacial score (nSPS) is 19.0. The molecular formula is C31H28F3NO4. The molecule has 1 atom stereocenters. The van der Waals surface area contributed by atoms with Gasteiger partial charge in [0.2, 0.25) is 0 Å². The molecule has 39 heavy (non-hydrogen) atoms. The first kappa shape index (κ1) is 26.5. The number of allylic oxidation sites excluding steroid dienone is 3. The fourth-order valence-corrected chi connectivity index (χ4v) is 5.30. The van der Waals surface area contributed by atoms with Gasteiger partial charge in [0.15, 0.2) is 5.78 Å². The monoisotopic (exact) mass is 535 g/mol. The summed E-state index contributed by atoms with van der Waals surface area (Å²) >= 11 is 0. The first-order valence-corrected chi connectivity index (χ1v) is 12.7. The highest BCUT2D eigenvalue weighted by atomic mass is 19.4. The van der Waals surface area contributed by atoms with E-state index in [9.17, 15) is 22.8 Å². The van der Waals surface area contributed by atoms with E-state index in [0.29, 0.717) is 17.7 Å². The average molecular weight is 536 g/mol. The molecule has 0 spiro atoms. The smallest absolute Gasteiger partial charge is 0.416 e. The van der Waals surface area contributed by atoms with Crippen LogP contribution in [0.4, 0.5) is 13.2 Å². The molecule has 0 saturated heterocycles. The molecular weight excluding hydrogens is 507 g/mol. The Morgan fingerprint density at radius 1 is 1.05 bits per heavy atom. The van der Waals surface area contributed by atoms with Gasteiger partial charge in [0.05, 0.1) is 17.1 Å². The fourth-order valence-electron chi connectivity index (χ4n) is 5.30. The highest BCUT2D eigenvalue weighted by Crippen LogP contribution is 2.47. The summed E-state index contributed by atoms with van der Waals surface area (Å²) in [4.78, 5) is 27.0. The minimum atomic E-state index is -4.50. The number of esters is 1. The Morgan fingerprint density at radius 2 is 1.79 bits per heavy atom. The molecule has 1 aliphatic carbocycles. The Labute approximate surface area is 224 Å². The van der Waals surface area contributed by atoms with Crippen molar-refractivity contribution in [2.45, 2.75) is 52.3 Å². The molecule has 1 N–H and O–H groups in total. The van der Waals surface area contributed by atoms with Gasteiger partial charge >= 0.3 is 12.1 Å². The molecule has 8 heteroatoms. The molecule has 3 aromatic rings. The number of hydrogen-bond donors (Lipinski definition) is 1. The zero-order chi connectivity index (χ0) is 27.9. The largest absolute Gasteiger partial charge is 0.460 e. The lowest BCUT2D eigenvalue weighted by Gasteiger charge is -2.38. The minimum absolute atomic E-state index is 0.0453. The second kappa shape index (κ2) is 9.91. The average Bonchev–Trinajstić information content (AvgIpc) is 3.36. The molecule has 2 aromatic carbocycles. The maximum Gasteiger partial charge on any atom is 0.416 e. The van der Waals surface area contributed by atoms with Gasteiger partial charge in [0.25, 0.3) is 0 Å². The summed E-state index contributed by atoms with van der Waals surface area (Å²) in [6.45, 7) is 5.81. The van der Waals surface area contributed by atoms with Crippen LogP contribution >= 0.6 is 0 Å². The van der Waals surface area contributed by atoms with E-state index in [1.807, 2.05) is 44.2 Å². The van der Waals surface area contributed by atoms with E-state index in [4.69, 9.17) is 9.15 Å². The molecule has 0 fully saturated rings. The third-order valence-corrected chi connectivity index (χ3v) is 7.06. The summed E-state index contributed by atoms with van der Waals surface area (Å²) in [5.74, 6) is -1.08. The number of nitrogens with one attached hydrogen (secondary N) is 1. The predicted octanol–water partition coefficient (Wildman–Crippen LogP) is 7.31. The maximum atomic E-state index is 13.5. The quantitative estimate of drug-likeness (QED) is 0.347. The van der Waals surface area contributed by atoms with Gasteiger partial charge in [0, 0.05) is 29.0 Å². The van der Waals surface area contributed by atoms with Crippen molar-refractivity contribution in [3.05, 3.63) is 106 Å². The van der Waals surface area contributed by atoms with E-state index >= 15 is 0 Å². The standard InChI is InChI=1S/C31H28F3NO4/c1-18-26(29(37)38-17-19-8-5-4-6-9-19)28(27-22(35-18)15-30(2,3)16-23(27)36)25-13-12-24(39-25)20-10-7-11-21(14-20)31(32,33)34/h4-14,28,35H,15-17H2,1-3H3/t28-/m0/s1. The van der Waals surface area contributed by atoms with Gasteiger partial charge in [-0.3, -0.25) is 4.79 Å². The summed E-state index contributed by atoms with van der Waals surface area (Å²) in [5, 5.41) is 3.27. The molecule has 0 bridgehead atoms. The lowest BCUT2D eigenvalue weighted by atomic mass is 9.69. The van der Waals surface area contributed by atoms with Crippen LogP contribution in [0.3, 0.4) is 0 Å². The van der Waals surface area contributed by atoms with E-state index in [2.05, 4.69) is 5.32 Å². The van der Waals surface area contributed by atoms with E-state index in [1.54, 1.807) is 19.1 Å². The van der Waals surface area contributed by atoms with Gasteiger partial charge in [-0.2, -0.15) is 13.2 Å². The summed E-state index contributed by atoms with van der Waals surface area (Å²) < 4.78 is 51.7. The van der Waals surface area contributed by atoms with Gasteiger partial charge < -0.3 is 14.5 Å². The van der Waals surface area contributed by atoms with Crippen molar-refractivity contribution in [3.8, 4) is 11.3 Å². The SMILES string of the molecule is CC1=C(C(=O)OCc2ccccc2)[C@H](c2ccc(-c3cccc(C(F)(F)F)c3)o2)C2=C(CC(C)(C)CC2=O)N1. The van der Waals surface area contributed by atoms with Crippen molar-refractivity contribution in [1.82, 2.24) is 5.32 Å². The van der Waals surface area contributed by atoms with Crippen LogP contribution in [0.25, 0.3) is 11.3 Å². The molecule has 202 valence electrons. The number of carbonyl (C=O) groups is 2. The lowest BCUT2D eigenvalue weighted by Crippen LogP contribution is -2.38. The van der Waals surface area contributed by atoms with Gasteiger partial charge in [-0.05, 0) is 48.6 Å². The van der Waals surface area contributed by atoms with Crippen LogP contribution in [0, 0.1) is 5.41 Å². The van der Waals surface area contributed by atoms with E-state index in [1.165, 1.54) is 12.1 Å². The van der Waals surface area contributed by atoms with Crippen molar-refractivity contribution in [1.29, 1.82) is 0 Å². The Kier molecular flexibility index (Phi) is 6.74. The van der Waals surface area contributed by atoms with Crippen molar-refractivity contribution >= 4 is 11.8 Å². The number of ketones is 1. The molecule has 5 rings (SSSR count). The summed E-state index contributed by atoms with van der Waals surface area (Å²) in [7, 11) is 0. The van der Waals surface area contributed by atoms with Crippen LogP contribution in [-0.2, 0) is 27.1 Å². The van der Waals surface area contributed by atoms with Crippen molar-refractivity contribution in [3.63, 3.8) is 0 Å². The number of halogens is 3. The second-order valence-electron chi connectivity index (χ2n) is 10.8. The molecule has 1 aliphatic heterocycles. The van der Waals surface area contributed by atoms with Crippen LogP contribution in [0.15, 0.2) is 93.7 Å². The van der Waals surface area contributed by atoms with Gasteiger partial charge in [0.1, 0.15) is 18.1 Å². The lowest BCUT2D eigenvalue weighted by molar-refractivity contribution is -0.141. The predicted molar refractivity (Wildman–Crippen MR) is 139 cm³/mol. The Morgan fingerprint density at radius 3 is 2.51 bits per heavy atom. The minimum Gasteiger partial charge on any atom is -0.460 e. The molecule has 0 amide bonds. The number of alkyl halides is 3. The first-order valence-electron chi connectivity index (χ1n) is 12.7. The molecule has 1 aromatic heterocycles. The first-order chi connectivity index (χ1) is 18.4. The third kappa shape index (κ3) is 5.41. The number of carbonyl (C=O) groups excluding carboxylic acids is 2. The highest BCUT2D eigenvalue weighted by Gasteiger charge is 2.44. The van der Waals surface area contributed by atoms with Gasteiger partial charge in [-0.25, -0.2) is 4.79 Å². The Balaban J connectivity index is 1.55. The van der Waals surface area contributed by atoms with Crippen LogP contribution in [0.5, 0.6) is 0 Å². The van der Waals surface area contributed by atoms with Crippen LogP contribution in [0.2, 0.25) is 0 Å². The van der Waals surface area contributed by atoms with E-state index in [0.717, 1.165) is 23.4 Å². The summed E-state index contributed by atoms with van der Waals surface area (Å²) in [5.41, 5.74) is 1.91. The molecule has 5 nitrogen and oxygen atoms in total. The number of furan rings is 1. The number of Topliss-reactive ketones (excluding diaryl/α,β-unsaturated/α-hetero) is 1. The number of rotatable bonds is 5. The number of hydrogen-bond acceptors (Lipinski definition) is 5. The number of benzene rings is 2. The zero-order valence-corrected chi connectivity index (χ0v) is 21.8. The van der Waals surface area contributed by atoms with Crippen molar-refractivity contribution < 1.29 is 31.9 Å². The second-order valence-corrected chi connectivity index (χ2v) is 10.8. The Bertz CT molecular complexity index is 1500. The molecule has 0 saturated carbocycles. The van der Waals surface area contributed by atoms with Crippen LogP contribution in [-0.4, -0.2) is 11.8 Å². The van der Waals surface area contributed by atoms with Crippen LogP contribution < -0.4 is 5.32 Å². The zero-order valence-electron chi connectivity index (χ0n) is 21.8. The Hall–Kier alpha value is -4.07. The third-order valence-electron chi connectivity index (χ3n) is 7.06. The summed E-state index contributed by atoms with van der Waals surface area (Å²) in [6, 6.07) is 17.2. The number of dihydropyridines is 1. The maximum absolute atomic E-state index is 13.5. The fraction of sp³-hybridized carbons (Fsp3) is 0.290. The van der Waals surface area contributed by atoms with Gasteiger partial charge in [-0.1, -0.05) is 56.3 Å². The molecule has 2 aliphatic rings. The molecule has 2 heterocycles. The highest BCUT2D eigenvalue weighted by molar-refractivity contribution is 6.04. The van der Waals surface area contributed by atoms with E-state index < -0.39 is 23.6 Å². The van der Waals surface area contributed by atoms with Crippen molar-refractivity contribution in [2.75, 3.05) is 0 Å². The molecule has 0 radical (unpaired) electrons. The number of ether oxygens (including phenoxy) is 1. The molecule has 0 unspecified atom stereocenters. The van der Waals surface area contributed by atoms with Crippen molar-refractivity contribution in [2.24, 2.45) is 5.41 Å². The topological polar surface area (TPSA) is 68.5 Å². The van der Waals surface area contributed by atoms with Crippen LogP contribution in [0.1, 0.15) is 56.4 Å².